The first-order valence-corrected chi connectivity index (χ1v) is 6.26. The van der Waals surface area contributed by atoms with Crippen LogP contribution < -0.4 is 0 Å². The second kappa shape index (κ2) is 6.06. The monoisotopic (exact) mass is 269 g/mol. The van der Waals surface area contributed by atoms with Gasteiger partial charge in [0.2, 0.25) is 0 Å². The lowest BCUT2D eigenvalue weighted by Crippen LogP contribution is -2.08. The molecule has 0 saturated heterocycles. The maximum atomic E-state index is 11.1. The van der Waals surface area contributed by atoms with E-state index in [4.69, 9.17) is 5.11 Å². The van der Waals surface area contributed by atoms with Crippen molar-refractivity contribution in [2.45, 2.75) is 19.8 Å². The van der Waals surface area contributed by atoms with Crippen LogP contribution in [0.25, 0.3) is 12.2 Å². The Bertz CT molecular complexity index is 637. The lowest BCUT2D eigenvalue weighted by Gasteiger charge is -2.08. The smallest absolute Gasteiger partial charge is 0.339 e. The highest BCUT2D eigenvalue weighted by molar-refractivity contribution is 5.88. The molecule has 5 heteroatoms. The second-order valence-corrected chi connectivity index (χ2v) is 4.61. The van der Waals surface area contributed by atoms with Crippen LogP contribution in [0.3, 0.4) is 0 Å². The molecule has 0 atom stereocenters. The summed E-state index contributed by atoms with van der Waals surface area (Å²) in [6.07, 6.45) is 8.37. The molecule has 0 amide bonds. The van der Waals surface area contributed by atoms with E-state index in [-0.39, 0.29) is 11.5 Å². The van der Waals surface area contributed by atoms with Gasteiger partial charge in [-0.15, -0.1) is 0 Å². The summed E-state index contributed by atoms with van der Waals surface area (Å²) in [6, 6.07) is 3.76. The summed E-state index contributed by atoms with van der Waals surface area (Å²) >= 11 is 0. The number of nitrogens with zero attached hydrogens (tertiary/aromatic N) is 3. The van der Waals surface area contributed by atoms with Gasteiger partial charge in [-0.25, -0.2) is 14.8 Å². The quantitative estimate of drug-likeness (QED) is 0.923. The van der Waals surface area contributed by atoms with E-state index in [9.17, 15) is 4.79 Å². The molecule has 2 aromatic rings. The van der Waals surface area contributed by atoms with Gasteiger partial charge in [0, 0.05) is 18.6 Å². The van der Waals surface area contributed by atoms with Gasteiger partial charge < -0.3 is 5.11 Å². The molecular formula is C15H15N3O2. The topological polar surface area (TPSA) is 76.0 Å². The fraction of sp³-hybridized carbons (Fsp3) is 0.200. The zero-order valence-corrected chi connectivity index (χ0v) is 11.3. The molecule has 0 radical (unpaired) electrons. The number of carbonyl (C=O) groups is 1. The number of carboxylic acids is 1. The highest BCUT2D eigenvalue weighted by atomic mass is 16.4. The Kier molecular flexibility index (Phi) is 4.20. The second-order valence-electron chi connectivity index (χ2n) is 4.61. The van der Waals surface area contributed by atoms with Crippen LogP contribution in [0.15, 0.2) is 30.7 Å². The van der Waals surface area contributed by atoms with E-state index in [2.05, 4.69) is 15.0 Å². The Hall–Kier alpha value is -2.56. The lowest BCUT2D eigenvalue weighted by molar-refractivity contribution is 0.0694. The highest BCUT2D eigenvalue weighted by Gasteiger charge is 2.15. The van der Waals surface area contributed by atoms with Crippen molar-refractivity contribution >= 4 is 18.1 Å². The van der Waals surface area contributed by atoms with Crippen LogP contribution in [0.4, 0.5) is 0 Å². The molecule has 5 nitrogen and oxygen atoms in total. The minimum atomic E-state index is -1.00. The van der Waals surface area contributed by atoms with Gasteiger partial charge in [-0.2, -0.15) is 0 Å². The van der Waals surface area contributed by atoms with Gasteiger partial charge in [0.25, 0.3) is 0 Å². The summed E-state index contributed by atoms with van der Waals surface area (Å²) in [5, 5.41) is 9.11. The number of hydrogen-bond donors (Lipinski definition) is 1. The highest BCUT2D eigenvalue weighted by Crippen LogP contribution is 2.17. The Morgan fingerprint density at radius 3 is 2.70 bits per heavy atom. The minimum absolute atomic E-state index is 0.0228. The van der Waals surface area contributed by atoms with Crippen LogP contribution in [0.2, 0.25) is 0 Å². The third kappa shape index (κ3) is 3.26. The molecule has 0 fully saturated rings. The molecule has 20 heavy (non-hydrogen) atoms. The van der Waals surface area contributed by atoms with Gasteiger partial charge in [-0.3, -0.25) is 4.98 Å². The first-order valence-electron chi connectivity index (χ1n) is 6.26. The maximum Gasteiger partial charge on any atom is 0.339 e. The van der Waals surface area contributed by atoms with E-state index in [1.54, 1.807) is 18.5 Å². The van der Waals surface area contributed by atoms with E-state index < -0.39 is 5.97 Å². The summed E-state index contributed by atoms with van der Waals surface area (Å²) in [7, 11) is 0. The van der Waals surface area contributed by atoms with Crippen LogP contribution in [0, 0.1) is 0 Å². The molecule has 0 unspecified atom stereocenters. The van der Waals surface area contributed by atoms with Gasteiger partial charge in [0.1, 0.15) is 0 Å². The minimum Gasteiger partial charge on any atom is -0.478 e. The van der Waals surface area contributed by atoms with Gasteiger partial charge in [-0.1, -0.05) is 19.9 Å². The van der Waals surface area contributed by atoms with E-state index in [1.165, 1.54) is 6.20 Å². The molecule has 2 aromatic heterocycles. The maximum absolute atomic E-state index is 11.1. The van der Waals surface area contributed by atoms with Gasteiger partial charge in [-0.05, 0) is 29.7 Å². The number of aromatic nitrogens is 3. The SMILES string of the molecule is CC(C)c1nc(C=Cc2cccnc2)ncc1C(=O)O. The number of aromatic carboxylic acids is 1. The number of hydrogen-bond acceptors (Lipinski definition) is 4. The normalized spacial score (nSPS) is 11.2. The van der Waals surface area contributed by atoms with Crippen molar-refractivity contribution < 1.29 is 9.90 Å². The first kappa shape index (κ1) is 13.9. The number of carboxylic acid groups (broad SMARTS) is 1. The third-order valence-electron chi connectivity index (χ3n) is 2.72. The van der Waals surface area contributed by atoms with Crippen LogP contribution in [-0.4, -0.2) is 26.0 Å². The van der Waals surface area contributed by atoms with Crippen molar-refractivity contribution in [3.05, 3.63) is 53.4 Å². The number of rotatable bonds is 4. The Morgan fingerprint density at radius 2 is 2.10 bits per heavy atom. The van der Waals surface area contributed by atoms with Gasteiger partial charge >= 0.3 is 5.97 Å². The van der Waals surface area contributed by atoms with Crippen molar-refractivity contribution in [2.24, 2.45) is 0 Å². The van der Waals surface area contributed by atoms with Crippen molar-refractivity contribution in [1.82, 2.24) is 15.0 Å². The fourth-order valence-corrected chi connectivity index (χ4v) is 1.74. The summed E-state index contributed by atoms with van der Waals surface area (Å²) in [5.41, 5.74) is 1.63. The Balaban J connectivity index is 2.32. The van der Waals surface area contributed by atoms with E-state index >= 15 is 0 Å². The predicted octanol–water partition coefficient (Wildman–Crippen LogP) is 2.86. The van der Waals surface area contributed by atoms with Crippen molar-refractivity contribution in [3.63, 3.8) is 0 Å². The number of pyridine rings is 1. The summed E-state index contributed by atoms with van der Waals surface area (Å²) < 4.78 is 0. The molecule has 0 aliphatic heterocycles. The van der Waals surface area contributed by atoms with Crippen molar-refractivity contribution in [1.29, 1.82) is 0 Å². The summed E-state index contributed by atoms with van der Waals surface area (Å²) in [6.45, 7) is 3.81. The molecule has 0 spiro atoms. The van der Waals surface area contributed by atoms with E-state index in [0.29, 0.717) is 11.5 Å². The summed E-state index contributed by atoms with van der Waals surface area (Å²) in [4.78, 5) is 23.5. The molecule has 0 bridgehead atoms. The Morgan fingerprint density at radius 1 is 1.30 bits per heavy atom. The molecule has 0 saturated carbocycles. The van der Waals surface area contributed by atoms with Crippen LogP contribution >= 0.6 is 0 Å². The molecule has 1 N–H and O–H groups in total. The molecule has 0 aliphatic rings. The van der Waals surface area contributed by atoms with Gasteiger partial charge in [0.15, 0.2) is 5.82 Å². The average Bonchev–Trinajstić information content (AvgIpc) is 2.45. The van der Waals surface area contributed by atoms with Crippen LogP contribution in [0.5, 0.6) is 0 Å². The molecule has 0 aliphatic carbocycles. The molecule has 2 heterocycles. The standard InChI is InChI=1S/C15H15N3O2/c1-10(2)14-12(15(19)20)9-17-13(18-14)6-5-11-4-3-7-16-8-11/h3-10H,1-2H3,(H,19,20). The molecule has 0 aromatic carbocycles. The predicted molar refractivity (Wildman–Crippen MR) is 76.2 cm³/mol. The van der Waals surface area contributed by atoms with Gasteiger partial charge in [0.05, 0.1) is 11.3 Å². The Labute approximate surface area is 117 Å². The summed E-state index contributed by atoms with van der Waals surface area (Å²) in [5.74, 6) is -0.492. The third-order valence-corrected chi connectivity index (χ3v) is 2.72. The zero-order valence-electron chi connectivity index (χ0n) is 11.3. The molecule has 2 rings (SSSR count). The lowest BCUT2D eigenvalue weighted by atomic mass is 10.1. The molecule has 102 valence electrons. The average molecular weight is 269 g/mol. The first-order chi connectivity index (χ1) is 9.58. The van der Waals surface area contributed by atoms with Crippen molar-refractivity contribution in [3.8, 4) is 0 Å². The van der Waals surface area contributed by atoms with E-state index in [1.807, 2.05) is 32.1 Å². The zero-order chi connectivity index (χ0) is 14.5. The van der Waals surface area contributed by atoms with Crippen molar-refractivity contribution in [2.75, 3.05) is 0 Å². The van der Waals surface area contributed by atoms with Crippen LogP contribution in [-0.2, 0) is 0 Å². The largest absolute Gasteiger partial charge is 0.478 e. The van der Waals surface area contributed by atoms with E-state index in [0.717, 1.165) is 5.56 Å². The fourth-order valence-electron chi connectivity index (χ4n) is 1.74. The molecular weight excluding hydrogens is 254 g/mol. The van der Waals surface area contributed by atoms with Crippen LogP contribution in [0.1, 0.15) is 47.2 Å².